The van der Waals surface area contributed by atoms with Gasteiger partial charge in [0, 0.05) is 6.42 Å². The second-order valence-corrected chi connectivity index (χ2v) is 10.5. The highest BCUT2D eigenvalue weighted by Gasteiger charge is 2.37. The van der Waals surface area contributed by atoms with E-state index >= 15 is 0 Å². The summed E-state index contributed by atoms with van der Waals surface area (Å²) in [6.45, 7) is 5.83. The van der Waals surface area contributed by atoms with Crippen LogP contribution in [0.25, 0.3) is 10.9 Å². The molecule has 10 heteroatoms. The number of para-hydroxylation sites is 1. The van der Waals surface area contributed by atoms with Gasteiger partial charge in [-0.15, -0.1) is 0 Å². The molecular formula is C30H28N6O4. The number of amides is 3. The van der Waals surface area contributed by atoms with Crippen molar-refractivity contribution in [1.29, 1.82) is 0 Å². The number of hydrogen-bond donors (Lipinski definition) is 2. The van der Waals surface area contributed by atoms with Crippen molar-refractivity contribution >= 4 is 34.3 Å². The van der Waals surface area contributed by atoms with Crippen molar-refractivity contribution in [2.24, 2.45) is 11.0 Å². The van der Waals surface area contributed by atoms with E-state index in [2.05, 4.69) is 42.8 Å². The summed E-state index contributed by atoms with van der Waals surface area (Å²) in [6.07, 6.45) is 3.65. The van der Waals surface area contributed by atoms with Gasteiger partial charge in [0.25, 0.3) is 23.3 Å². The topological polar surface area (TPSA) is 126 Å². The third-order valence-electron chi connectivity index (χ3n) is 7.55. The van der Waals surface area contributed by atoms with Crippen molar-refractivity contribution in [3.63, 3.8) is 0 Å². The molecule has 202 valence electrons. The summed E-state index contributed by atoms with van der Waals surface area (Å²) < 4.78 is 1.10. The van der Waals surface area contributed by atoms with Crippen molar-refractivity contribution in [1.82, 2.24) is 20.0 Å². The van der Waals surface area contributed by atoms with Crippen LogP contribution in [-0.4, -0.2) is 44.5 Å². The molecule has 2 N–H and O–H groups in total. The fourth-order valence-electron chi connectivity index (χ4n) is 5.89. The Balaban J connectivity index is 1.30. The van der Waals surface area contributed by atoms with Gasteiger partial charge in [-0.1, -0.05) is 42.8 Å². The van der Waals surface area contributed by atoms with Gasteiger partial charge in [0.05, 0.1) is 27.7 Å². The molecule has 2 unspecified atom stereocenters. The summed E-state index contributed by atoms with van der Waals surface area (Å²) in [5, 5.41) is 4.93. The standard InChI is InChI=1S/C30H28N6O4/c1-16-12-17(2)26(18(3)13-16)23-14-24(33-32-23)27-31-22-11-7-6-10-21(22)30(40)36(27)34-25(37)15-35-28(38)19-8-4-5-9-20(19)29(35)39/h4-12,16,24,33H,13-15H2,1-3H3,(H,34,37). The Morgan fingerprint density at radius 3 is 2.38 bits per heavy atom. The monoisotopic (exact) mass is 536 g/mol. The van der Waals surface area contributed by atoms with E-state index in [9.17, 15) is 19.2 Å². The number of carbonyl (C=O) groups is 3. The minimum atomic E-state index is -0.701. The zero-order chi connectivity index (χ0) is 28.1. The maximum Gasteiger partial charge on any atom is 0.280 e. The molecule has 0 saturated heterocycles. The Hall–Kier alpha value is -4.86. The lowest BCUT2D eigenvalue weighted by Crippen LogP contribution is -2.44. The Morgan fingerprint density at radius 2 is 1.68 bits per heavy atom. The second kappa shape index (κ2) is 9.71. The highest BCUT2D eigenvalue weighted by atomic mass is 16.2. The lowest BCUT2D eigenvalue weighted by atomic mass is 9.83. The zero-order valence-electron chi connectivity index (χ0n) is 22.4. The van der Waals surface area contributed by atoms with E-state index in [-0.39, 0.29) is 17.0 Å². The van der Waals surface area contributed by atoms with E-state index in [4.69, 9.17) is 4.98 Å². The number of benzene rings is 2. The molecule has 40 heavy (non-hydrogen) atoms. The van der Waals surface area contributed by atoms with Gasteiger partial charge in [-0.25, -0.2) is 9.66 Å². The quantitative estimate of drug-likeness (QED) is 0.481. The van der Waals surface area contributed by atoms with Crippen LogP contribution in [0.4, 0.5) is 0 Å². The van der Waals surface area contributed by atoms with Crippen molar-refractivity contribution in [2.75, 3.05) is 12.0 Å². The molecule has 0 bridgehead atoms. The van der Waals surface area contributed by atoms with E-state index in [1.165, 1.54) is 5.57 Å². The number of rotatable bonds is 5. The van der Waals surface area contributed by atoms with Crippen LogP contribution in [0.1, 0.15) is 66.2 Å². The summed E-state index contributed by atoms with van der Waals surface area (Å²) in [7, 11) is 0. The van der Waals surface area contributed by atoms with Crippen molar-refractivity contribution in [3.05, 3.63) is 98.6 Å². The molecule has 0 fully saturated rings. The van der Waals surface area contributed by atoms with Gasteiger partial charge in [0.2, 0.25) is 0 Å². The number of hydrazone groups is 1. The molecule has 2 aromatic carbocycles. The largest absolute Gasteiger partial charge is 0.299 e. The summed E-state index contributed by atoms with van der Waals surface area (Å²) in [6, 6.07) is 12.8. The molecule has 2 aliphatic heterocycles. The van der Waals surface area contributed by atoms with Crippen molar-refractivity contribution in [3.8, 4) is 0 Å². The van der Waals surface area contributed by atoms with Crippen LogP contribution in [0.2, 0.25) is 0 Å². The SMILES string of the molecule is CC1=CC(C)CC(C)=C1C1=NNC(c2nc3ccccc3c(=O)n2NC(=O)CN2C(=O)c3ccccc3C2=O)C1. The van der Waals surface area contributed by atoms with Crippen LogP contribution in [0, 0.1) is 5.92 Å². The molecule has 6 rings (SSSR count). The Kier molecular flexibility index (Phi) is 6.17. The van der Waals surface area contributed by atoms with E-state index < -0.39 is 35.9 Å². The van der Waals surface area contributed by atoms with Crippen molar-refractivity contribution in [2.45, 2.75) is 39.7 Å². The molecule has 10 nitrogen and oxygen atoms in total. The summed E-state index contributed by atoms with van der Waals surface area (Å²) >= 11 is 0. The van der Waals surface area contributed by atoms with Gasteiger partial charge in [0.1, 0.15) is 12.6 Å². The van der Waals surface area contributed by atoms with Crippen LogP contribution in [0.3, 0.4) is 0 Å². The van der Waals surface area contributed by atoms with Gasteiger partial charge in [0.15, 0.2) is 5.82 Å². The fourth-order valence-corrected chi connectivity index (χ4v) is 5.89. The summed E-state index contributed by atoms with van der Waals surface area (Å²) in [5.41, 5.74) is 10.6. The maximum atomic E-state index is 13.6. The molecule has 0 spiro atoms. The van der Waals surface area contributed by atoms with E-state index in [1.807, 2.05) is 0 Å². The second-order valence-electron chi connectivity index (χ2n) is 10.5. The Bertz CT molecular complexity index is 1730. The van der Waals surface area contributed by atoms with Crippen molar-refractivity contribution < 1.29 is 14.4 Å². The van der Waals surface area contributed by atoms with E-state index in [0.717, 1.165) is 32.9 Å². The van der Waals surface area contributed by atoms with Gasteiger partial charge in [-0.05, 0) is 61.6 Å². The van der Waals surface area contributed by atoms with Gasteiger partial charge in [-0.3, -0.25) is 34.9 Å². The van der Waals surface area contributed by atoms with Gasteiger partial charge >= 0.3 is 0 Å². The summed E-state index contributed by atoms with van der Waals surface area (Å²) in [5.74, 6) is -1.07. The smallest absolute Gasteiger partial charge is 0.280 e. The third kappa shape index (κ3) is 4.21. The number of hydrogen-bond acceptors (Lipinski definition) is 7. The molecule has 1 aliphatic carbocycles. The molecule has 0 radical (unpaired) electrons. The Morgan fingerprint density at radius 1 is 1.00 bits per heavy atom. The van der Waals surface area contributed by atoms with Crippen LogP contribution in [0.5, 0.6) is 0 Å². The molecular weight excluding hydrogens is 508 g/mol. The highest BCUT2D eigenvalue weighted by molar-refractivity contribution is 6.22. The molecule has 1 aromatic heterocycles. The van der Waals surface area contributed by atoms with Crippen LogP contribution >= 0.6 is 0 Å². The first-order valence-corrected chi connectivity index (χ1v) is 13.2. The average molecular weight is 537 g/mol. The molecule has 3 amide bonds. The zero-order valence-corrected chi connectivity index (χ0v) is 22.4. The molecule has 3 aliphatic rings. The average Bonchev–Trinajstić information content (AvgIpc) is 3.49. The lowest BCUT2D eigenvalue weighted by Gasteiger charge is -2.22. The number of carbonyl (C=O) groups excluding carboxylic acids is 3. The van der Waals surface area contributed by atoms with E-state index in [0.29, 0.717) is 23.2 Å². The minimum absolute atomic E-state index is 0.247. The number of nitrogens with one attached hydrogen (secondary N) is 2. The highest BCUT2D eigenvalue weighted by Crippen LogP contribution is 2.33. The molecule has 0 saturated carbocycles. The fraction of sp³-hybridized carbons (Fsp3) is 0.267. The molecule has 2 atom stereocenters. The van der Waals surface area contributed by atoms with Crippen LogP contribution in [-0.2, 0) is 4.79 Å². The molecule has 3 heterocycles. The number of imide groups is 1. The third-order valence-corrected chi connectivity index (χ3v) is 7.55. The first-order chi connectivity index (χ1) is 19.2. The maximum absolute atomic E-state index is 13.6. The van der Waals surface area contributed by atoms with Gasteiger partial charge in [-0.2, -0.15) is 5.10 Å². The number of aromatic nitrogens is 2. The number of nitrogens with zero attached hydrogens (tertiary/aromatic N) is 4. The molecule has 3 aromatic rings. The minimum Gasteiger partial charge on any atom is -0.299 e. The lowest BCUT2D eigenvalue weighted by molar-refractivity contribution is -0.117. The normalized spacial score (nSPS) is 20.4. The first-order valence-electron chi connectivity index (χ1n) is 13.2. The predicted octanol–water partition coefficient (Wildman–Crippen LogP) is 3.46. The van der Waals surface area contributed by atoms with Gasteiger partial charge < -0.3 is 0 Å². The first kappa shape index (κ1) is 25.4. The number of allylic oxidation sites excluding steroid dienone is 4. The van der Waals surface area contributed by atoms with E-state index in [1.54, 1.807) is 48.5 Å². The van der Waals surface area contributed by atoms with Crippen LogP contribution in [0.15, 0.2) is 81.2 Å². The summed E-state index contributed by atoms with van der Waals surface area (Å²) in [4.78, 5) is 57.9. The Labute approximate surface area is 230 Å². The number of fused-ring (bicyclic) bond motifs is 2. The van der Waals surface area contributed by atoms with Crippen LogP contribution < -0.4 is 16.4 Å². The predicted molar refractivity (Wildman–Crippen MR) is 150 cm³/mol.